The molecule has 1 aromatic rings. The summed E-state index contributed by atoms with van der Waals surface area (Å²) < 4.78 is 5.61. The van der Waals surface area contributed by atoms with E-state index in [1.54, 1.807) is 17.0 Å². The predicted octanol–water partition coefficient (Wildman–Crippen LogP) is 2.68. The van der Waals surface area contributed by atoms with Gasteiger partial charge in [0.15, 0.2) is 6.61 Å². The van der Waals surface area contributed by atoms with Gasteiger partial charge in [0, 0.05) is 24.0 Å². The summed E-state index contributed by atoms with van der Waals surface area (Å²) in [5.41, 5.74) is -0.0525. The van der Waals surface area contributed by atoms with Gasteiger partial charge in [0.1, 0.15) is 17.8 Å². The first-order valence-corrected chi connectivity index (χ1v) is 11.9. The molecule has 2 heterocycles. The number of carbonyl (C=O) groups is 3. The normalized spacial score (nSPS) is 24.0. The van der Waals surface area contributed by atoms with Crippen molar-refractivity contribution < 1.29 is 19.1 Å². The lowest BCUT2D eigenvalue weighted by Gasteiger charge is -2.37. The van der Waals surface area contributed by atoms with E-state index in [1.165, 1.54) is 6.07 Å². The fourth-order valence-electron chi connectivity index (χ4n) is 4.97. The molecule has 8 nitrogen and oxygen atoms in total. The molecule has 3 aliphatic rings. The molecule has 176 valence electrons. The Balaban J connectivity index is 1.41. The number of rotatable bonds is 7. The molecule has 4 rings (SSSR count). The molecule has 1 spiro atoms. The number of halogens is 2. The van der Waals surface area contributed by atoms with E-state index in [0.717, 1.165) is 19.3 Å². The summed E-state index contributed by atoms with van der Waals surface area (Å²) in [4.78, 5) is 39.6. The molecule has 2 saturated heterocycles. The number of nitriles is 1. The highest BCUT2D eigenvalue weighted by molar-refractivity contribution is 6.35. The fraction of sp³-hybridized carbons (Fsp3) is 0.565. The van der Waals surface area contributed by atoms with Crippen molar-refractivity contribution in [1.29, 1.82) is 5.26 Å². The van der Waals surface area contributed by atoms with Crippen molar-refractivity contribution in [3.63, 3.8) is 0 Å². The first kappa shape index (κ1) is 23.7. The predicted molar refractivity (Wildman–Crippen MR) is 122 cm³/mol. The maximum atomic E-state index is 13.1. The molecule has 2 aliphatic heterocycles. The van der Waals surface area contributed by atoms with Crippen LogP contribution in [0.4, 0.5) is 0 Å². The molecule has 0 bridgehead atoms. The van der Waals surface area contributed by atoms with Crippen molar-refractivity contribution in [2.75, 3.05) is 19.7 Å². The second-order valence-corrected chi connectivity index (χ2v) is 10.0. The largest absolute Gasteiger partial charge is 0.482 e. The summed E-state index contributed by atoms with van der Waals surface area (Å²) in [7, 11) is 0. The Labute approximate surface area is 202 Å². The van der Waals surface area contributed by atoms with Gasteiger partial charge in [-0.25, -0.2) is 0 Å². The van der Waals surface area contributed by atoms with Crippen LogP contribution < -0.4 is 15.4 Å². The van der Waals surface area contributed by atoms with Crippen LogP contribution in [0.15, 0.2) is 18.2 Å². The zero-order chi connectivity index (χ0) is 23.6. The highest BCUT2D eigenvalue weighted by Crippen LogP contribution is 2.50. The first-order valence-electron chi connectivity index (χ1n) is 11.2. The van der Waals surface area contributed by atoms with E-state index in [4.69, 9.17) is 27.9 Å². The van der Waals surface area contributed by atoms with Crippen LogP contribution >= 0.6 is 23.2 Å². The van der Waals surface area contributed by atoms with Crippen molar-refractivity contribution in [2.45, 2.75) is 50.6 Å². The van der Waals surface area contributed by atoms with Crippen LogP contribution in [-0.2, 0) is 14.4 Å². The molecular weight excluding hydrogens is 467 g/mol. The van der Waals surface area contributed by atoms with E-state index < -0.39 is 12.1 Å². The second-order valence-electron chi connectivity index (χ2n) is 9.16. The molecule has 3 amide bonds. The van der Waals surface area contributed by atoms with E-state index in [1.807, 2.05) is 0 Å². The van der Waals surface area contributed by atoms with E-state index >= 15 is 0 Å². The summed E-state index contributed by atoms with van der Waals surface area (Å²) >= 11 is 12.0. The first-order chi connectivity index (χ1) is 15.8. The second kappa shape index (κ2) is 9.78. The number of hydrogen-bond acceptors (Lipinski definition) is 5. The van der Waals surface area contributed by atoms with Crippen molar-refractivity contribution in [3.8, 4) is 11.8 Å². The van der Waals surface area contributed by atoms with Crippen molar-refractivity contribution in [2.24, 2.45) is 11.3 Å². The average molecular weight is 493 g/mol. The number of nitrogens with one attached hydrogen (secondary N) is 2. The molecule has 10 heteroatoms. The van der Waals surface area contributed by atoms with E-state index in [0.29, 0.717) is 41.7 Å². The van der Waals surface area contributed by atoms with Gasteiger partial charge in [0.2, 0.25) is 11.8 Å². The van der Waals surface area contributed by atoms with Crippen LogP contribution in [0.1, 0.15) is 38.5 Å². The zero-order valence-corrected chi connectivity index (χ0v) is 19.6. The highest BCUT2D eigenvalue weighted by Gasteiger charge is 2.51. The van der Waals surface area contributed by atoms with Gasteiger partial charge >= 0.3 is 0 Å². The summed E-state index contributed by atoms with van der Waals surface area (Å²) in [5.74, 6) is -0.706. The molecule has 0 aromatic heterocycles. The Morgan fingerprint density at radius 1 is 1.36 bits per heavy atom. The highest BCUT2D eigenvalue weighted by atomic mass is 35.5. The Bertz CT molecular complexity index is 991. The van der Waals surface area contributed by atoms with Crippen LogP contribution in [0.2, 0.25) is 10.0 Å². The molecule has 33 heavy (non-hydrogen) atoms. The molecule has 1 saturated carbocycles. The van der Waals surface area contributed by atoms with Crippen LogP contribution in [-0.4, -0.2) is 54.4 Å². The number of ether oxygens (including phenoxy) is 1. The van der Waals surface area contributed by atoms with Gasteiger partial charge in [-0.3, -0.25) is 14.4 Å². The van der Waals surface area contributed by atoms with Crippen molar-refractivity contribution >= 4 is 40.9 Å². The zero-order valence-electron chi connectivity index (χ0n) is 18.1. The lowest BCUT2D eigenvalue weighted by atomic mass is 9.67. The quantitative estimate of drug-likeness (QED) is 0.607. The number of likely N-dealkylation sites (tertiary alicyclic amines) is 1. The number of nitrogens with zero attached hydrogens (tertiary/aromatic N) is 2. The van der Waals surface area contributed by atoms with Crippen LogP contribution in [0.5, 0.6) is 5.75 Å². The van der Waals surface area contributed by atoms with Gasteiger partial charge in [-0.1, -0.05) is 29.6 Å². The minimum absolute atomic E-state index is 0.0525. The number of benzene rings is 1. The molecule has 1 aromatic carbocycles. The molecular formula is C23H26Cl2N4O4. The molecule has 1 aliphatic carbocycles. The van der Waals surface area contributed by atoms with Gasteiger partial charge in [0.05, 0.1) is 11.1 Å². The summed E-state index contributed by atoms with van der Waals surface area (Å²) in [5, 5.41) is 15.8. The standard InChI is InChI=1S/C23H26Cl2N4O4/c24-15-2-3-19(17(25)9-15)33-12-20(30)29-13-23(5-1-6-23)10-18(29)22(32)28-16(11-26)8-14-4-7-27-21(14)31/h2-3,9,14,16,18H,1,4-8,10,12-13H2,(H,27,31)(H,28,32)/t14-,16-,18-/m0/s1. The third kappa shape index (κ3) is 5.20. The Morgan fingerprint density at radius 3 is 2.76 bits per heavy atom. The minimum atomic E-state index is -0.787. The van der Waals surface area contributed by atoms with E-state index in [2.05, 4.69) is 16.7 Å². The van der Waals surface area contributed by atoms with Gasteiger partial charge in [-0.05, 0) is 55.7 Å². The molecule has 0 unspecified atom stereocenters. The van der Waals surface area contributed by atoms with Crippen molar-refractivity contribution in [1.82, 2.24) is 15.5 Å². The number of carbonyl (C=O) groups excluding carboxylic acids is 3. The topological polar surface area (TPSA) is 112 Å². The Hall–Kier alpha value is -2.50. The molecule has 3 atom stereocenters. The third-order valence-electron chi connectivity index (χ3n) is 6.95. The monoisotopic (exact) mass is 492 g/mol. The lowest BCUT2D eigenvalue weighted by molar-refractivity contribution is -0.140. The van der Waals surface area contributed by atoms with E-state index in [9.17, 15) is 19.6 Å². The maximum Gasteiger partial charge on any atom is 0.261 e. The van der Waals surface area contributed by atoms with Crippen molar-refractivity contribution in [3.05, 3.63) is 28.2 Å². The SMILES string of the molecule is N#C[C@H](C[C@@H]1CCNC1=O)NC(=O)[C@@H]1CC2(CCC2)CN1C(=O)COc1ccc(Cl)cc1Cl. The molecule has 0 radical (unpaired) electrons. The number of amides is 3. The Kier molecular flexibility index (Phi) is 7.01. The maximum absolute atomic E-state index is 13.1. The minimum Gasteiger partial charge on any atom is -0.482 e. The van der Waals surface area contributed by atoms with Crippen LogP contribution in [0.3, 0.4) is 0 Å². The fourth-order valence-corrected chi connectivity index (χ4v) is 5.44. The molecule has 2 N–H and O–H groups in total. The third-order valence-corrected chi connectivity index (χ3v) is 7.48. The Morgan fingerprint density at radius 2 is 2.15 bits per heavy atom. The summed E-state index contributed by atoms with van der Waals surface area (Å²) in [6, 6.07) is 5.38. The van der Waals surface area contributed by atoms with Gasteiger partial charge in [0.25, 0.3) is 5.91 Å². The van der Waals surface area contributed by atoms with Gasteiger partial charge < -0.3 is 20.3 Å². The van der Waals surface area contributed by atoms with Crippen LogP contribution in [0, 0.1) is 22.7 Å². The van der Waals surface area contributed by atoms with Gasteiger partial charge in [-0.15, -0.1) is 0 Å². The lowest BCUT2D eigenvalue weighted by Crippen LogP contribution is -2.50. The smallest absolute Gasteiger partial charge is 0.261 e. The summed E-state index contributed by atoms with van der Waals surface area (Å²) in [6.07, 6.45) is 4.48. The summed E-state index contributed by atoms with van der Waals surface area (Å²) in [6.45, 7) is 0.815. The number of hydrogen-bond donors (Lipinski definition) is 2. The van der Waals surface area contributed by atoms with Gasteiger partial charge in [-0.2, -0.15) is 5.26 Å². The average Bonchev–Trinajstić information content (AvgIpc) is 3.36. The van der Waals surface area contributed by atoms with Crippen LogP contribution in [0.25, 0.3) is 0 Å². The van der Waals surface area contributed by atoms with E-state index in [-0.39, 0.29) is 42.1 Å². The molecule has 3 fully saturated rings.